The normalized spacial score (nSPS) is 24.9. The van der Waals surface area contributed by atoms with Crippen molar-refractivity contribution in [2.75, 3.05) is 6.54 Å². The number of nitrogens with zero attached hydrogens (tertiary/aromatic N) is 4. The summed E-state index contributed by atoms with van der Waals surface area (Å²) < 4.78 is 6.42. The number of carbonyl (C=O) groups is 1. The second-order valence-electron chi connectivity index (χ2n) is 9.02. The average molecular weight is 433 g/mol. The molecule has 0 bridgehead atoms. The van der Waals surface area contributed by atoms with Gasteiger partial charge in [-0.2, -0.15) is 15.0 Å². The first-order valence-electron chi connectivity index (χ1n) is 11.2. The number of aromatic nitrogens is 3. The molecule has 32 heavy (non-hydrogen) atoms. The van der Waals surface area contributed by atoms with Crippen LogP contribution in [0.15, 0.2) is 54.9 Å². The van der Waals surface area contributed by atoms with Crippen molar-refractivity contribution >= 4 is 5.91 Å². The Morgan fingerprint density at radius 3 is 2.72 bits per heavy atom. The predicted molar refractivity (Wildman–Crippen MR) is 120 cm³/mol. The number of benzene rings is 2. The lowest BCUT2D eigenvalue weighted by Gasteiger charge is -2.38. The molecule has 3 atom stereocenters. The van der Waals surface area contributed by atoms with Gasteiger partial charge in [-0.1, -0.05) is 24.3 Å². The number of hydrogen-bond acceptors (Lipinski definition) is 5. The van der Waals surface area contributed by atoms with Crippen LogP contribution < -0.4 is 4.74 Å². The number of fused-ring (bicyclic) bond motifs is 1. The van der Waals surface area contributed by atoms with Crippen molar-refractivity contribution < 1.29 is 14.6 Å². The van der Waals surface area contributed by atoms with Gasteiger partial charge < -0.3 is 14.7 Å². The van der Waals surface area contributed by atoms with E-state index in [0.717, 1.165) is 36.1 Å². The number of carbonyl (C=O) groups excluding carboxylic acids is 1. The molecule has 0 saturated carbocycles. The van der Waals surface area contributed by atoms with E-state index in [9.17, 15) is 9.90 Å². The third-order valence-corrected chi connectivity index (χ3v) is 6.74. The Hall–Kier alpha value is -3.19. The van der Waals surface area contributed by atoms with Crippen LogP contribution in [0.4, 0.5) is 0 Å². The number of amides is 1. The van der Waals surface area contributed by atoms with Gasteiger partial charge in [-0.3, -0.25) is 4.79 Å². The minimum atomic E-state index is -0.804. The Balaban J connectivity index is 1.38. The van der Waals surface area contributed by atoms with Crippen LogP contribution in [-0.2, 0) is 12.0 Å². The molecule has 1 amide bonds. The summed E-state index contributed by atoms with van der Waals surface area (Å²) in [5.74, 6) is 0.785. The first-order valence-corrected chi connectivity index (χ1v) is 11.2. The molecule has 2 aliphatic rings. The maximum atomic E-state index is 13.6. The number of aliphatic hydroxyl groups is 1. The summed E-state index contributed by atoms with van der Waals surface area (Å²) in [6, 6.07) is 13.4. The molecule has 0 spiro atoms. The largest absolute Gasteiger partial charge is 0.488 e. The second kappa shape index (κ2) is 8.06. The minimum absolute atomic E-state index is 0.0417. The monoisotopic (exact) mass is 432 g/mol. The topological polar surface area (TPSA) is 80.5 Å². The number of rotatable bonds is 4. The quantitative estimate of drug-likeness (QED) is 0.683. The van der Waals surface area contributed by atoms with E-state index in [1.807, 2.05) is 54.3 Å². The van der Waals surface area contributed by atoms with E-state index in [0.29, 0.717) is 24.2 Å². The molecule has 5 rings (SSSR count). The molecule has 2 heterocycles. The van der Waals surface area contributed by atoms with Crippen LogP contribution in [0.5, 0.6) is 5.75 Å². The van der Waals surface area contributed by atoms with E-state index in [1.165, 1.54) is 4.80 Å². The zero-order chi connectivity index (χ0) is 22.3. The molecular weight excluding hydrogens is 404 g/mol. The predicted octanol–water partition coefficient (Wildman–Crippen LogP) is 3.49. The van der Waals surface area contributed by atoms with Crippen LogP contribution in [0.25, 0.3) is 5.69 Å². The number of likely N-dealkylation sites (tertiary alicyclic amines) is 1. The molecule has 1 aromatic heterocycles. The highest BCUT2D eigenvalue weighted by Gasteiger charge is 2.36. The fraction of sp³-hybridized carbons (Fsp3) is 0.400. The van der Waals surface area contributed by atoms with Crippen molar-refractivity contribution in [2.45, 2.75) is 57.3 Å². The number of hydrogen-bond donors (Lipinski definition) is 1. The van der Waals surface area contributed by atoms with Crippen molar-refractivity contribution in [3.8, 4) is 11.4 Å². The molecule has 0 radical (unpaired) electrons. The van der Waals surface area contributed by atoms with Crippen LogP contribution in [0.3, 0.4) is 0 Å². The zero-order valence-corrected chi connectivity index (χ0v) is 18.4. The van der Waals surface area contributed by atoms with Crippen molar-refractivity contribution in [3.63, 3.8) is 0 Å². The Morgan fingerprint density at radius 1 is 1.12 bits per heavy atom. The minimum Gasteiger partial charge on any atom is -0.488 e. The Morgan fingerprint density at radius 2 is 1.91 bits per heavy atom. The second-order valence-corrected chi connectivity index (χ2v) is 9.02. The maximum Gasteiger partial charge on any atom is 0.256 e. The molecule has 1 aliphatic carbocycles. The number of piperidine rings is 1. The van der Waals surface area contributed by atoms with Crippen LogP contribution in [-0.4, -0.2) is 49.6 Å². The fourth-order valence-corrected chi connectivity index (χ4v) is 4.90. The summed E-state index contributed by atoms with van der Waals surface area (Å²) in [5.41, 5.74) is 2.48. The van der Waals surface area contributed by atoms with Gasteiger partial charge in [-0.25, -0.2) is 0 Å². The Kier molecular flexibility index (Phi) is 5.21. The van der Waals surface area contributed by atoms with Crippen LogP contribution in [0, 0.1) is 0 Å². The summed E-state index contributed by atoms with van der Waals surface area (Å²) in [4.78, 5) is 16.9. The molecule has 1 fully saturated rings. The molecule has 1 aliphatic heterocycles. The maximum absolute atomic E-state index is 13.6. The first-order chi connectivity index (χ1) is 15.4. The Labute approximate surface area is 187 Å². The van der Waals surface area contributed by atoms with E-state index in [2.05, 4.69) is 17.1 Å². The number of ether oxygens (including phenoxy) is 1. The lowest BCUT2D eigenvalue weighted by Crippen LogP contribution is -2.49. The lowest BCUT2D eigenvalue weighted by atomic mass is 9.98. The summed E-state index contributed by atoms with van der Waals surface area (Å²) in [6.07, 6.45) is 6.36. The van der Waals surface area contributed by atoms with Gasteiger partial charge in [0.2, 0.25) is 0 Å². The van der Waals surface area contributed by atoms with Crippen LogP contribution in [0.1, 0.15) is 54.6 Å². The summed E-state index contributed by atoms with van der Waals surface area (Å²) in [5, 5.41) is 19.0. The van der Waals surface area contributed by atoms with Gasteiger partial charge in [0, 0.05) is 11.6 Å². The van der Waals surface area contributed by atoms with E-state index < -0.39 is 5.60 Å². The van der Waals surface area contributed by atoms with E-state index >= 15 is 0 Å². The van der Waals surface area contributed by atoms with Crippen LogP contribution >= 0.6 is 0 Å². The van der Waals surface area contributed by atoms with Crippen LogP contribution in [0.2, 0.25) is 0 Å². The fourth-order valence-electron chi connectivity index (χ4n) is 4.90. The lowest BCUT2D eigenvalue weighted by molar-refractivity contribution is 0.0382. The SMILES string of the molecule is C[C@@H]1CC[C@@H](Oc2cccc3c2CC[C@@]3(C)O)CN1C(=O)c1ccccc1-n1nccn1. The molecule has 166 valence electrons. The number of para-hydroxylation sites is 1. The van der Waals surface area contributed by atoms with Gasteiger partial charge in [0.15, 0.2) is 0 Å². The van der Waals surface area contributed by atoms with Crippen molar-refractivity contribution in [1.82, 2.24) is 19.9 Å². The highest BCUT2D eigenvalue weighted by molar-refractivity contribution is 5.98. The van der Waals surface area contributed by atoms with E-state index in [4.69, 9.17) is 4.74 Å². The van der Waals surface area contributed by atoms with Crippen molar-refractivity contribution in [1.29, 1.82) is 0 Å². The standard InChI is InChI=1S/C25H28N4O3/c1-17-10-11-18(32-23-9-5-7-21-19(23)12-13-25(21,2)31)16-28(17)24(30)20-6-3-4-8-22(20)29-26-14-15-27-29/h3-9,14-15,17-18,31H,10-13,16H2,1-2H3/t17-,18-,25-/m1/s1. The van der Waals surface area contributed by atoms with E-state index in [-0.39, 0.29) is 18.1 Å². The van der Waals surface area contributed by atoms with Crippen molar-refractivity contribution in [3.05, 3.63) is 71.5 Å². The Bertz CT molecular complexity index is 1130. The highest BCUT2D eigenvalue weighted by atomic mass is 16.5. The summed E-state index contributed by atoms with van der Waals surface area (Å²) in [7, 11) is 0. The molecule has 7 heteroatoms. The van der Waals surface area contributed by atoms with Gasteiger partial charge in [0.25, 0.3) is 5.91 Å². The molecule has 1 saturated heterocycles. The summed E-state index contributed by atoms with van der Waals surface area (Å²) in [6.45, 7) is 4.46. The van der Waals surface area contributed by atoms with Gasteiger partial charge in [0.1, 0.15) is 11.9 Å². The molecule has 2 aromatic carbocycles. The third-order valence-electron chi connectivity index (χ3n) is 6.74. The third kappa shape index (κ3) is 3.66. The van der Waals surface area contributed by atoms with Gasteiger partial charge in [0.05, 0.1) is 35.8 Å². The average Bonchev–Trinajstić information content (AvgIpc) is 3.43. The first kappa shape index (κ1) is 20.7. The van der Waals surface area contributed by atoms with Crippen molar-refractivity contribution in [2.24, 2.45) is 0 Å². The molecule has 7 nitrogen and oxygen atoms in total. The van der Waals surface area contributed by atoms with Gasteiger partial charge >= 0.3 is 0 Å². The molecular formula is C25H28N4O3. The highest BCUT2D eigenvalue weighted by Crippen LogP contribution is 2.41. The van der Waals surface area contributed by atoms with E-state index in [1.54, 1.807) is 12.4 Å². The van der Waals surface area contributed by atoms with Gasteiger partial charge in [-0.15, -0.1) is 0 Å². The molecule has 0 unspecified atom stereocenters. The molecule has 3 aromatic rings. The van der Waals surface area contributed by atoms with Gasteiger partial charge in [-0.05, 0) is 63.3 Å². The zero-order valence-electron chi connectivity index (χ0n) is 18.4. The smallest absolute Gasteiger partial charge is 0.256 e. The molecule has 1 N–H and O–H groups in total. The summed E-state index contributed by atoms with van der Waals surface area (Å²) >= 11 is 0.